The summed E-state index contributed by atoms with van der Waals surface area (Å²) in [6, 6.07) is 0. The molecule has 0 atom stereocenters. The van der Waals surface area contributed by atoms with Crippen LogP contribution in [0.4, 0.5) is 0 Å². The number of hydrogen-bond donors (Lipinski definition) is 0. The monoisotopic (exact) mass is 251 g/mol. The lowest BCUT2D eigenvalue weighted by atomic mass is 9.96. The number of likely N-dealkylation sites (tertiary alicyclic amines) is 1. The van der Waals surface area contributed by atoms with Gasteiger partial charge in [-0.2, -0.15) is 0 Å². The van der Waals surface area contributed by atoms with Crippen LogP contribution in [0, 0.1) is 0 Å². The Balaban J connectivity index is 1.48. The fourth-order valence-corrected chi connectivity index (χ4v) is 3.43. The number of rotatable bonds is 3. The molecule has 0 N–H and O–H groups in total. The lowest BCUT2D eigenvalue weighted by Crippen LogP contribution is -2.49. The summed E-state index contributed by atoms with van der Waals surface area (Å²) < 4.78 is 11.6. The van der Waals surface area contributed by atoms with Crippen LogP contribution >= 0.6 is 0 Å². The minimum absolute atomic E-state index is 0.251. The van der Waals surface area contributed by atoms with Crippen molar-refractivity contribution < 1.29 is 9.47 Å². The molecule has 3 heteroatoms. The van der Waals surface area contributed by atoms with Crippen LogP contribution in [0.2, 0.25) is 0 Å². The Kier molecular flexibility index (Phi) is 4.02. The maximum atomic E-state index is 5.82. The van der Waals surface area contributed by atoms with Gasteiger partial charge in [-0.1, -0.05) is 11.6 Å². The van der Waals surface area contributed by atoms with Crippen molar-refractivity contribution in [1.82, 2.24) is 4.90 Å². The molecule has 0 aromatic rings. The lowest BCUT2D eigenvalue weighted by molar-refractivity contribution is -0.189. The van der Waals surface area contributed by atoms with Crippen LogP contribution in [-0.2, 0) is 9.47 Å². The van der Waals surface area contributed by atoms with Gasteiger partial charge < -0.3 is 9.47 Å². The average molecular weight is 251 g/mol. The first-order valence-corrected chi connectivity index (χ1v) is 7.55. The molecule has 0 amide bonds. The van der Waals surface area contributed by atoms with Gasteiger partial charge in [0.2, 0.25) is 0 Å². The van der Waals surface area contributed by atoms with Gasteiger partial charge in [-0.15, -0.1) is 0 Å². The summed E-state index contributed by atoms with van der Waals surface area (Å²) in [5, 5.41) is 0. The minimum atomic E-state index is -0.251. The zero-order valence-electron chi connectivity index (χ0n) is 11.3. The Morgan fingerprint density at radius 3 is 2.83 bits per heavy atom. The van der Waals surface area contributed by atoms with Crippen LogP contribution in [-0.4, -0.2) is 43.5 Å². The first kappa shape index (κ1) is 12.6. The van der Waals surface area contributed by atoms with Crippen molar-refractivity contribution in [1.29, 1.82) is 0 Å². The zero-order valence-corrected chi connectivity index (χ0v) is 11.3. The first-order valence-electron chi connectivity index (χ1n) is 7.55. The van der Waals surface area contributed by atoms with Crippen LogP contribution < -0.4 is 0 Å². The summed E-state index contributed by atoms with van der Waals surface area (Å²) >= 11 is 0. The van der Waals surface area contributed by atoms with E-state index in [2.05, 4.69) is 11.0 Å². The molecule has 0 aromatic heterocycles. The second-order valence-electron chi connectivity index (χ2n) is 5.85. The van der Waals surface area contributed by atoms with E-state index in [0.29, 0.717) is 0 Å². The van der Waals surface area contributed by atoms with E-state index < -0.39 is 0 Å². The Bertz CT molecular complexity index is 308. The van der Waals surface area contributed by atoms with Gasteiger partial charge in [0, 0.05) is 13.0 Å². The third-order valence-electron chi connectivity index (χ3n) is 4.44. The van der Waals surface area contributed by atoms with Crippen molar-refractivity contribution in [2.45, 2.75) is 50.7 Å². The molecule has 0 aromatic carbocycles. The van der Waals surface area contributed by atoms with Gasteiger partial charge in [0.05, 0.1) is 19.8 Å². The van der Waals surface area contributed by atoms with Gasteiger partial charge in [-0.05, 0) is 45.1 Å². The number of ether oxygens (including phenoxy) is 2. The van der Waals surface area contributed by atoms with E-state index in [9.17, 15) is 0 Å². The van der Waals surface area contributed by atoms with Gasteiger partial charge in [-0.25, -0.2) is 0 Å². The van der Waals surface area contributed by atoms with E-state index >= 15 is 0 Å². The molecule has 0 unspecified atom stereocenters. The lowest BCUT2D eigenvalue weighted by Gasteiger charge is -2.38. The van der Waals surface area contributed by atoms with E-state index in [0.717, 1.165) is 26.2 Å². The predicted octanol–water partition coefficient (Wildman–Crippen LogP) is 2.72. The van der Waals surface area contributed by atoms with Gasteiger partial charge in [0.1, 0.15) is 0 Å². The second kappa shape index (κ2) is 5.72. The minimum Gasteiger partial charge on any atom is -0.346 e. The van der Waals surface area contributed by atoms with Crippen LogP contribution in [0.1, 0.15) is 44.9 Å². The molecule has 2 aliphatic heterocycles. The Morgan fingerprint density at radius 2 is 2.06 bits per heavy atom. The van der Waals surface area contributed by atoms with Crippen LogP contribution in [0.25, 0.3) is 0 Å². The molecule has 1 aliphatic carbocycles. The second-order valence-corrected chi connectivity index (χ2v) is 5.85. The van der Waals surface area contributed by atoms with E-state index in [-0.39, 0.29) is 5.79 Å². The molecule has 3 rings (SSSR count). The zero-order chi connectivity index (χ0) is 12.3. The molecule has 3 aliphatic rings. The van der Waals surface area contributed by atoms with Gasteiger partial charge in [0.15, 0.2) is 5.79 Å². The van der Waals surface area contributed by atoms with E-state index in [4.69, 9.17) is 9.47 Å². The highest BCUT2D eigenvalue weighted by atomic mass is 16.7. The summed E-state index contributed by atoms with van der Waals surface area (Å²) in [4.78, 5) is 2.53. The number of allylic oxidation sites excluding steroid dienone is 1. The van der Waals surface area contributed by atoms with Gasteiger partial charge in [-0.3, -0.25) is 4.90 Å². The molecule has 2 fully saturated rings. The van der Waals surface area contributed by atoms with Gasteiger partial charge in [0.25, 0.3) is 0 Å². The highest BCUT2D eigenvalue weighted by Crippen LogP contribution is 2.30. The van der Waals surface area contributed by atoms with Crippen molar-refractivity contribution >= 4 is 0 Å². The summed E-state index contributed by atoms with van der Waals surface area (Å²) in [6.45, 7) is 4.92. The third kappa shape index (κ3) is 2.95. The van der Waals surface area contributed by atoms with Crippen molar-refractivity contribution in [2.24, 2.45) is 0 Å². The maximum Gasteiger partial charge on any atom is 0.181 e. The summed E-state index contributed by atoms with van der Waals surface area (Å²) in [6.07, 6.45) is 11.4. The third-order valence-corrected chi connectivity index (χ3v) is 4.44. The van der Waals surface area contributed by atoms with Crippen LogP contribution in [0.3, 0.4) is 0 Å². The molecule has 2 heterocycles. The predicted molar refractivity (Wildman–Crippen MR) is 71.5 cm³/mol. The maximum absolute atomic E-state index is 5.82. The molecule has 3 nitrogen and oxygen atoms in total. The fraction of sp³-hybridized carbons (Fsp3) is 0.867. The Hall–Kier alpha value is -0.380. The number of nitrogens with zero attached hydrogens (tertiary/aromatic N) is 1. The standard InChI is InChI=1S/C15H25NO2/c1-2-5-14(6-3-1)7-10-16-9-4-8-15(13-16)17-11-12-18-15/h5H,1-4,6-13H2. The van der Waals surface area contributed by atoms with Crippen molar-refractivity contribution in [3.63, 3.8) is 0 Å². The molecule has 0 saturated carbocycles. The number of hydrogen-bond acceptors (Lipinski definition) is 3. The fourth-order valence-electron chi connectivity index (χ4n) is 3.43. The largest absolute Gasteiger partial charge is 0.346 e. The van der Waals surface area contributed by atoms with E-state index in [1.807, 2.05) is 0 Å². The molecule has 102 valence electrons. The molecule has 1 spiro atoms. The quantitative estimate of drug-likeness (QED) is 0.720. The normalized spacial score (nSPS) is 28.6. The van der Waals surface area contributed by atoms with Crippen LogP contribution in [0.5, 0.6) is 0 Å². The van der Waals surface area contributed by atoms with Gasteiger partial charge >= 0.3 is 0 Å². The average Bonchev–Trinajstić information content (AvgIpc) is 2.86. The van der Waals surface area contributed by atoms with E-state index in [1.165, 1.54) is 51.6 Å². The van der Waals surface area contributed by atoms with Crippen molar-refractivity contribution in [2.75, 3.05) is 32.8 Å². The molecule has 18 heavy (non-hydrogen) atoms. The highest BCUT2D eigenvalue weighted by Gasteiger charge is 2.40. The summed E-state index contributed by atoms with van der Waals surface area (Å²) in [5.41, 5.74) is 1.68. The van der Waals surface area contributed by atoms with E-state index in [1.54, 1.807) is 5.57 Å². The molecule has 0 radical (unpaired) electrons. The Morgan fingerprint density at radius 1 is 1.17 bits per heavy atom. The highest BCUT2D eigenvalue weighted by molar-refractivity contribution is 5.05. The summed E-state index contributed by atoms with van der Waals surface area (Å²) in [7, 11) is 0. The molecular formula is C15H25NO2. The first-order chi connectivity index (χ1) is 8.86. The van der Waals surface area contributed by atoms with Crippen molar-refractivity contribution in [3.8, 4) is 0 Å². The molecule has 0 bridgehead atoms. The smallest absolute Gasteiger partial charge is 0.181 e. The topological polar surface area (TPSA) is 21.7 Å². The SMILES string of the molecule is C1=C(CCN2CCCC3(C2)OCCO3)CCCC1. The molecular weight excluding hydrogens is 226 g/mol. The summed E-state index contributed by atoms with van der Waals surface area (Å²) in [5.74, 6) is -0.251. The number of piperidine rings is 1. The van der Waals surface area contributed by atoms with Crippen molar-refractivity contribution in [3.05, 3.63) is 11.6 Å². The Labute approximate surface area is 110 Å². The molecule has 2 saturated heterocycles. The van der Waals surface area contributed by atoms with Crippen LogP contribution in [0.15, 0.2) is 11.6 Å².